The Bertz CT molecular complexity index is 294. The van der Waals surface area contributed by atoms with E-state index in [4.69, 9.17) is 0 Å². The first-order chi connectivity index (χ1) is 8.88. The molecule has 3 atom stereocenters. The van der Waals surface area contributed by atoms with Crippen molar-refractivity contribution in [3.63, 3.8) is 0 Å². The van der Waals surface area contributed by atoms with E-state index in [9.17, 15) is 9.90 Å². The minimum absolute atomic E-state index is 0.0275. The van der Waals surface area contributed by atoms with Crippen molar-refractivity contribution < 1.29 is 9.90 Å². The third kappa shape index (κ3) is 5.11. The van der Waals surface area contributed by atoms with Gasteiger partial charge < -0.3 is 10.4 Å². The maximum atomic E-state index is 12.0. The molecule has 0 radical (unpaired) electrons. The Kier molecular flexibility index (Phi) is 6.27. The summed E-state index contributed by atoms with van der Waals surface area (Å²) >= 11 is 0. The van der Waals surface area contributed by atoms with Crippen molar-refractivity contribution in [2.24, 2.45) is 11.8 Å². The Morgan fingerprint density at radius 2 is 2.11 bits per heavy atom. The number of aliphatic hydroxyl groups is 1. The zero-order chi connectivity index (χ0) is 14.5. The summed E-state index contributed by atoms with van der Waals surface area (Å²) in [5.41, 5.74) is -0.272. The van der Waals surface area contributed by atoms with Crippen LogP contribution in [-0.2, 0) is 4.79 Å². The molecular formula is C15H30N2O2. The summed E-state index contributed by atoms with van der Waals surface area (Å²) in [5, 5.41) is 16.0. The van der Waals surface area contributed by atoms with E-state index in [0.29, 0.717) is 18.4 Å². The minimum atomic E-state index is -0.272. The second-order valence-corrected chi connectivity index (χ2v) is 6.64. The molecule has 0 bridgehead atoms. The van der Waals surface area contributed by atoms with Crippen LogP contribution in [0.1, 0.15) is 53.4 Å². The molecule has 1 rings (SSSR count). The molecule has 0 spiro atoms. The number of hydrogen-bond acceptors (Lipinski definition) is 3. The molecular weight excluding hydrogens is 240 g/mol. The van der Waals surface area contributed by atoms with E-state index in [1.807, 2.05) is 6.92 Å². The predicted octanol–water partition coefficient (Wildman–Crippen LogP) is 1.68. The lowest BCUT2D eigenvalue weighted by atomic mass is 9.76. The smallest absolute Gasteiger partial charge is 0.236 e. The fraction of sp³-hybridized carbons (Fsp3) is 0.933. The van der Waals surface area contributed by atoms with Crippen LogP contribution in [0.3, 0.4) is 0 Å². The molecule has 1 fully saturated rings. The molecule has 0 aliphatic heterocycles. The Hall–Kier alpha value is -0.610. The topological polar surface area (TPSA) is 61.4 Å². The molecule has 0 aromatic carbocycles. The van der Waals surface area contributed by atoms with Gasteiger partial charge in [-0.3, -0.25) is 10.1 Å². The van der Waals surface area contributed by atoms with Crippen LogP contribution < -0.4 is 10.6 Å². The number of nitrogens with one attached hydrogen (secondary N) is 2. The van der Waals surface area contributed by atoms with Crippen molar-refractivity contribution in [1.29, 1.82) is 0 Å². The van der Waals surface area contributed by atoms with E-state index in [-0.39, 0.29) is 24.1 Å². The lowest BCUT2D eigenvalue weighted by Crippen LogP contribution is -2.58. The molecule has 0 aromatic heterocycles. The second-order valence-electron chi connectivity index (χ2n) is 6.64. The standard InChI is InChI=1S/C15H30N2O2/c1-11(2)9-16-14(19)13(4)17-15(10-18)7-5-6-12(3)8-15/h11-13,17-18H,5-10H2,1-4H3,(H,16,19). The van der Waals surface area contributed by atoms with Gasteiger partial charge in [0.2, 0.25) is 5.91 Å². The summed E-state index contributed by atoms with van der Waals surface area (Å²) in [7, 11) is 0. The van der Waals surface area contributed by atoms with Crippen LogP contribution in [0.15, 0.2) is 0 Å². The maximum absolute atomic E-state index is 12.0. The van der Waals surface area contributed by atoms with Gasteiger partial charge in [0, 0.05) is 12.1 Å². The van der Waals surface area contributed by atoms with E-state index in [2.05, 4.69) is 31.4 Å². The molecule has 1 aliphatic carbocycles. The molecule has 1 amide bonds. The monoisotopic (exact) mass is 270 g/mol. The third-order valence-corrected chi connectivity index (χ3v) is 3.99. The summed E-state index contributed by atoms with van der Waals surface area (Å²) < 4.78 is 0. The van der Waals surface area contributed by atoms with Crippen LogP contribution in [0.2, 0.25) is 0 Å². The average Bonchev–Trinajstić information content (AvgIpc) is 2.35. The van der Waals surface area contributed by atoms with Gasteiger partial charge in [-0.25, -0.2) is 0 Å². The number of carbonyl (C=O) groups excluding carboxylic acids is 1. The lowest BCUT2D eigenvalue weighted by Gasteiger charge is -2.41. The van der Waals surface area contributed by atoms with Crippen molar-refractivity contribution >= 4 is 5.91 Å². The van der Waals surface area contributed by atoms with E-state index in [0.717, 1.165) is 19.3 Å². The van der Waals surface area contributed by atoms with Crippen LogP contribution in [0.4, 0.5) is 0 Å². The van der Waals surface area contributed by atoms with Gasteiger partial charge in [0.25, 0.3) is 0 Å². The first-order valence-corrected chi connectivity index (χ1v) is 7.55. The Labute approximate surface area is 117 Å². The van der Waals surface area contributed by atoms with Gasteiger partial charge in [0.15, 0.2) is 0 Å². The van der Waals surface area contributed by atoms with E-state index >= 15 is 0 Å². The van der Waals surface area contributed by atoms with Gasteiger partial charge in [0.05, 0.1) is 12.6 Å². The summed E-state index contributed by atoms with van der Waals surface area (Å²) in [6, 6.07) is -0.254. The SMILES string of the molecule is CC(C)CNC(=O)C(C)NC1(CO)CCCC(C)C1. The van der Waals surface area contributed by atoms with Gasteiger partial charge in [-0.1, -0.05) is 33.6 Å². The second kappa shape index (κ2) is 7.25. The molecule has 1 aliphatic rings. The molecule has 1 saturated carbocycles. The van der Waals surface area contributed by atoms with Gasteiger partial charge in [-0.05, 0) is 31.6 Å². The predicted molar refractivity (Wildman–Crippen MR) is 77.9 cm³/mol. The van der Waals surface area contributed by atoms with E-state index in [1.54, 1.807) is 0 Å². The van der Waals surface area contributed by atoms with E-state index < -0.39 is 0 Å². The first-order valence-electron chi connectivity index (χ1n) is 7.55. The normalized spacial score (nSPS) is 29.3. The van der Waals surface area contributed by atoms with Gasteiger partial charge in [-0.2, -0.15) is 0 Å². The summed E-state index contributed by atoms with van der Waals surface area (Å²) in [6.45, 7) is 9.07. The summed E-state index contributed by atoms with van der Waals surface area (Å²) in [6.07, 6.45) is 4.24. The van der Waals surface area contributed by atoms with Crippen LogP contribution in [0.25, 0.3) is 0 Å². The number of rotatable bonds is 6. The molecule has 112 valence electrons. The van der Waals surface area contributed by atoms with E-state index in [1.165, 1.54) is 6.42 Å². The summed E-state index contributed by atoms with van der Waals surface area (Å²) in [5.74, 6) is 1.09. The minimum Gasteiger partial charge on any atom is -0.394 e. The highest BCUT2D eigenvalue weighted by Gasteiger charge is 2.36. The van der Waals surface area contributed by atoms with Crippen LogP contribution in [0.5, 0.6) is 0 Å². The largest absolute Gasteiger partial charge is 0.394 e. The highest BCUT2D eigenvalue weighted by molar-refractivity contribution is 5.81. The molecule has 3 unspecified atom stereocenters. The van der Waals surface area contributed by atoms with Gasteiger partial charge in [0.1, 0.15) is 0 Å². The Morgan fingerprint density at radius 3 is 2.63 bits per heavy atom. The number of carbonyl (C=O) groups is 1. The molecule has 19 heavy (non-hydrogen) atoms. The fourth-order valence-electron chi connectivity index (χ4n) is 2.96. The fourth-order valence-corrected chi connectivity index (χ4v) is 2.96. The van der Waals surface area contributed by atoms with Crippen LogP contribution in [0, 0.1) is 11.8 Å². The average molecular weight is 270 g/mol. The molecule has 0 saturated heterocycles. The maximum Gasteiger partial charge on any atom is 0.236 e. The molecule has 4 nitrogen and oxygen atoms in total. The van der Waals surface area contributed by atoms with Crippen molar-refractivity contribution in [2.75, 3.05) is 13.2 Å². The van der Waals surface area contributed by atoms with Crippen molar-refractivity contribution in [3.05, 3.63) is 0 Å². The quantitative estimate of drug-likeness (QED) is 0.688. The third-order valence-electron chi connectivity index (χ3n) is 3.99. The zero-order valence-electron chi connectivity index (χ0n) is 12.8. The molecule has 0 heterocycles. The van der Waals surface area contributed by atoms with Crippen LogP contribution >= 0.6 is 0 Å². The number of hydrogen-bond donors (Lipinski definition) is 3. The molecule has 0 aromatic rings. The first kappa shape index (κ1) is 16.4. The highest BCUT2D eigenvalue weighted by atomic mass is 16.3. The number of aliphatic hydroxyl groups excluding tert-OH is 1. The van der Waals surface area contributed by atoms with Crippen molar-refractivity contribution in [1.82, 2.24) is 10.6 Å². The van der Waals surface area contributed by atoms with Gasteiger partial charge >= 0.3 is 0 Å². The highest BCUT2D eigenvalue weighted by Crippen LogP contribution is 2.32. The molecule has 3 N–H and O–H groups in total. The van der Waals surface area contributed by atoms with Gasteiger partial charge in [-0.15, -0.1) is 0 Å². The number of amides is 1. The van der Waals surface area contributed by atoms with Crippen molar-refractivity contribution in [3.8, 4) is 0 Å². The van der Waals surface area contributed by atoms with Crippen molar-refractivity contribution in [2.45, 2.75) is 65.0 Å². The van der Waals surface area contributed by atoms with Crippen LogP contribution in [-0.4, -0.2) is 35.7 Å². The summed E-state index contributed by atoms with van der Waals surface area (Å²) in [4.78, 5) is 12.0. The zero-order valence-corrected chi connectivity index (χ0v) is 12.8. The Balaban J connectivity index is 2.52. The lowest BCUT2D eigenvalue weighted by molar-refractivity contribution is -0.123. The Morgan fingerprint density at radius 1 is 1.42 bits per heavy atom. The molecule has 4 heteroatoms.